The molecule has 0 spiro atoms. The summed E-state index contributed by atoms with van der Waals surface area (Å²) in [6.07, 6.45) is 2.81. The van der Waals surface area contributed by atoms with Gasteiger partial charge in [0, 0.05) is 39.0 Å². The average Bonchev–Trinajstić information content (AvgIpc) is 3.11. The molecule has 0 aromatic carbocycles. The highest BCUT2D eigenvalue weighted by atomic mass is 127. The summed E-state index contributed by atoms with van der Waals surface area (Å²) >= 11 is 0. The van der Waals surface area contributed by atoms with Crippen molar-refractivity contribution in [2.75, 3.05) is 53.1 Å². The van der Waals surface area contributed by atoms with Crippen LogP contribution >= 0.6 is 24.0 Å². The van der Waals surface area contributed by atoms with Gasteiger partial charge in [-0.25, -0.2) is 4.99 Å². The van der Waals surface area contributed by atoms with Crippen LogP contribution < -0.4 is 10.6 Å². The molecule has 1 aliphatic heterocycles. The van der Waals surface area contributed by atoms with E-state index in [1.807, 2.05) is 6.07 Å². The first kappa shape index (κ1) is 22.1. The molecule has 2 rings (SSSR count). The first-order chi connectivity index (χ1) is 11.8. The number of methoxy groups -OCH3 is 1. The van der Waals surface area contributed by atoms with Gasteiger partial charge < -0.3 is 20.1 Å². The van der Waals surface area contributed by atoms with Crippen molar-refractivity contribution in [3.8, 4) is 0 Å². The molecular formula is C16H31IN6O2. The normalized spacial score (nSPS) is 17.0. The van der Waals surface area contributed by atoms with Gasteiger partial charge in [-0.05, 0) is 26.0 Å². The Morgan fingerprint density at radius 1 is 1.48 bits per heavy atom. The van der Waals surface area contributed by atoms with E-state index in [4.69, 9.17) is 9.47 Å². The zero-order valence-electron chi connectivity index (χ0n) is 15.2. The number of aromatic nitrogens is 2. The van der Waals surface area contributed by atoms with Gasteiger partial charge in [0.15, 0.2) is 5.96 Å². The molecule has 0 aliphatic carbocycles. The number of hydrogen-bond acceptors (Lipinski definition) is 5. The van der Waals surface area contributed by atoms with Crippen LogP contribution in [0.25, 0.3) is 0 Å². The third kappa shape index (κ3) is 9.38. The minimum absolute atomic E-state index is 0. The summed E-state index contributed by atoms with van der Waals surface area (Å²) in [5.74, 6) is 0.802. The predicted octanol–water partition coefficient (Wildman–Crippen LogP) is 0.820. The van der Waals surface area contributed by atoms with Crippen molar-refractivity contribution in [1.82, 2.24) is 25.7 Å². The zero-order chi connectivity index (χ0) is 17.0. The first-order valence-corrected chi connectivity index (χ1v) is 8.60. The average molecular weight is 466 g/mol. The van der Waals surface area contributed by atoms with Gasteiger partial charge in [-0.15, -0.1) is 24.0 Å². The van der Waals surface area contributed by atoms with Crippen molar-refractivity contribution in [3.63, 3.8) is 0 Å². The molecule has 9 heteroatoms. The first-order valence-electron chi connectivity index (χ1n) is 8.60. The SMILES string of the molecule is COCC(C)NC(=NCc1ccn[nH]1)NCCCN1CCOCC1.I. The Hall–Kier alpha value is -0.910. The van der Waals surface area contributed by atoms with Gasteiger partial charge >= 0.3 is 0 Å². The molecule has 1 saturated heterocycles. The second kappa shape index (κ2) is 13.3. The zero-order valence-corrected chi connectivity index (χ0v) is 17.5. The number of aliphatic imine (C=N–C) groups is 1. The highest BCUT2D eigenvalue weighted by Crippen LogP contribution is 1.98. The Morgan fingerprint density at radius 3 is 2.96 bits per heavy atom. The molecule has 3 N–H and O–H groups in total. The van der Waals surface area contributed by atoms with Crippen LogP contribution in [0.4, 0.5) is 0 Å². The number of ether oxygens (including phenoxy) is 2. The van der Waals surface area contributed by atoms with Gasteiger partial charge in [0.25, 0.3) is 0 Å². The lowest BCUT2D eigenvalue weighted by Crippen LogP contribution is -2.45. The molecule has 0 bridgehead atoms. The van der Waals surface area contributed by atoms with E-state index in [0.29, 0.717) is 13.2 Å². The van der Waals surface area contributed by atoms with E-state index >= 15 is 0 Å². The summed E-state index contributed by atoms with van der Waals surface area (Å²) in [4.78, 5) is 7.04. The van der Waals surface area contributed by atoms with E-state index in [0.717, 1.165) is 57.5 Å². The van der Waals surface area contributed by atoms with Crippen molar-refractivity contribution in [2.45, 2.75) is 25.9 Å². The van der Waals surface area contributed by atoms with Gasteiger partial charge in [-0.3, -0.25) is 10.00 Å². The molecule has 1 aromatic heterocycles. The van der Waals surface area contributed by atoms with Crippen LogP contribution in [0.2, 0.25) is 0 Å². The summed E-state index contributed by atoms with van der Waals surface area (Å²) in [5.41, 5.74) is 0.990. The molecule has 1 aromatic rings. The summed E-state index contributed by atoms with van der Waals surface area (Å²) in [6.45, 7) is 9.00. The van der Waals surface area contributed by atoms with Crippen molar-refractivity contribution < 1.29 is 9.47 Å². The van der Waals surface area contributed by atoms with Crippen LogP contribution in [0.3, 0.4) is 0 Å². The third-order valence-electron chi connectivity index (χ3n) is 3.81. The topological polar surface area (TPSA) is 86.8 Å². The standard InChI is InChI=1S/C16H30N6O2.HI/c1-14(13-23-2)20-16(18-12-15-4-6-19-21-15)17-5-3-7-22-8-10-24-11-9-22;/h4,6,14H,3,5,7-13H2,1-2H3,(H,19,21)(H2,17,18,20);1H. The largest absolute Gasteiger partial charge is 0.383 e. The number of nitrogens with zero attached hydrogens (tertiary/aromatic N) is 3. The molecule has 0 amide bonds. The van der Waals surface area contributed by atoms with Crippen molar-refractivity contribution in [3.05, 3.63) is 18.0 Å². The fourth-order valence-electron chi connectivity index (χ4n) is 2.55. The summed E-state index contributed by atoms with van der Waals surface area (Å²) in [7, 11) is 1.70. The Morgan fingerprint density at radius 2 is 2.28 bits per heavy atom. The van der Waals surface area contributed by atoms with Gasteiger partial charge in [0.2, 0.25) is 0 Å². The molecule has 2 heterocycles. The van der Waals surface area contributed by atoms with E-state index in [1.165, 1.54) is 0 Å². The molecule has 144 valence electrons. The van der Waals surface area contributed by atoms with E-state index in [2.05, 4.69) is 37.6 Å². The van der Waals surface area contributed by atoms with E-state index < -0.39 is 0 Å². The van der Waals surface area contributed by atoms with Crippen LogP contribution in [0, 0.1) is 0 Å². The maximum absolute atomic E-state index is 5.37. The second-order valence-electron chi connectivity index (χ2n) is 5.98. The van der Waals surface area contributed by atoms with Gasteiger partial charge in [-0.1, -0.05) is 0 Å². The fraction of sp³-hybridized carbons (Fsp3) is 0.750. The fourth-order valence-corrected chi connectivity index (χ4v) is 2.55. The van der Waals surface area contributed by atoms with Gasteiger partial charge in [0.1, 0.15) is 0 Å². The van der Waals surface area contributed by atoms with Crippen LogP contribution in [-0.4, -0.2) is 80.2 Å². The highest BCUT2D eigenvalue weighted by molar-refractivity contribution is 14.0. The molecule has 0 saturated carbocycles. The second-order valence-corrected chi connectivity index (χ2v) is 5.98. The number of rotatable bonds is 9. The molecule has 1 unspecified atom stereocenters. The summed E-state index contributed by atoms with van der Waals surface area (Å²) in [6, 6.07) is 2.13. The van der Waals surface area contributed by atoms with Crippen molar-refractivity contribution in [1.29, 1.82) is 0 Å². The smallest absolute Gasteiger partial charge is 0.191 e. The number of H-pyrrole nitrogens is 1. The maximum atomic E-state index is 5.37. The minimum atomic E-state index is 0. The van der Waals surface area contributed by atoms with Crippen molar-refractivity contribution >= 4 is 29.9 Å². The van der Waals surface area contributed by atoms with E-state index in [9.17, 15) is 0 Å². The molecular weight excluding hydrogens is 435 g/mol. The van der Waals surface area contributed by atoms with Gasteiger partial charge in [0.05, 0.1) is 32.1 Å². The molecule has 1 atom stereocenters. The Balaban J connectivity index is 0.00000312. The highest BCUT2D eigenvalue weighted by Gasteiger charge is 2.10. The summed E-state index contributed by atoms with van der Waals surface area (Å²) < 4.78 is 10.6. The van der Waals surface area contributed by atoms with Gasteiger partial charge in [-0.2, -0.15) is 5.10 Å². The molecule has 25 heavy (non-hydrogen) atoms. The maximum Gasteiger partial charge on any atom is 0.191 e. The molecule has 8 nitrogen and oxygen atoms in total. The number of halogens is 1. The van der Waals surface area contributed by atoms with Crippen LogP contribution in [0.5, 0.6) is 0 Å². The Labute approximate surface area is 167 Å². The quantitative estimate of drug-likeness (QED) is 0.216. The van der Waals surface area contributed by atoms with Crippen LogP contribution in [-0.2, 0) is 16.0 Å². The monoisotopic (exact) mass is 466 g/mol. The lowest BCUT2D eigenvalue weighted by molar-refractivity contribution is 0.0376. The number of morpholine rings is 1. The molecule has 1 fully saturated rings. The lowest BCUT2D eigenvalue weighted by atomic mass is 10.3. The number of nitrogens with one attached hydrogen (secondary N) is 3. The van der Waals surface area contributed by atoms with Crippen LogP contribution in [0.1, 0.15) is 19.0 Å². The number of hydrogen-bond donors (Lipinski definition) is 3. The number of aromatic amines is 1. The van der Waals surface area contributed by atoms with E-state index in [1.54, 1.807) is 13.3 Å². The minimum Gasteiger partial charge on any atom is -0.383 e. The summed E-state index contributed by atoms with van der Waals surface area (Å²) in [5, 5.41) is 13.6. The Bertz CT molecular complexity index is 465. The molecule has 0 radical (unpaired) electrons. The van der Waals surface area contributed by atoms with E-state index in [-0.39, 0.29) is 30.0 Å². The predicted molar refractivity (Wildman–Crippen MR) is 109 cm³/mol. The molecule has 1 aliphatic rings. The lowest BCUT2D eigenvalue weighted by Gasteiger charge is -2.26. The Kier molecular flexibility index (Phi) is 11.8. The van der Waals surface area contributed by atoms with Crippen LogP contribution in [0.15, 0.2) is 17.3 Å². The third-order valence-corrected chi connectivity index (χ3v) is 3.81. The number of guanidine groups is 1. The van der Waals surface area contributed by atoms with Crippen molar-refractivity contribution in [2.24, 2.45) is 4.99 Å².